The SMILES string of the molecule is Clc1ccc(C2(C3(c4ccc(Cl)cc4Cl)N=CC=N3)N=CC=N2)c(Cl)c1. The lowest BCUT2D eigenvalue weighted by atomic mass is 9.82. The minimum atomic E-state index is -1.24. The first-order valence-electron chi connectivity index (χ1n) is 7.58. The summed E-state index contributed by atoms with van der Waals surface area (Å²) in [4.78, 5) is 18.5. The molecule has 0 amide bonds. The van der Waals surface area contributed by atoms with E-state index in [0.717, 1.165) is 0 Å². The van der Waals surface area contributed by atoms with Crippen molar-refractivity contribution in [1.29, 1.82) is 0 Å². The first-order chi connectivity index (χ1) is 12.5. The van der Waals surface area contributed by atoms with Gasteiger partial charge < -0.3 is 0 Å². The minimum absolute atomic E-state index is 0.412. The summed E-state index contributed by atoms with van der Waals surface area (Å²) in [6.07, 6.45) is 6.39. The van der Waals surface area contributed by atoms with Gasteiger partial charge in [-0.15, -0.1) is 0 Å². The van der Waals surface area contributed by atoms with Crippen LogP contribution in [0.15, 0.2) is 56.4 Å². The number of nitrogens with zero attached hydrogens (tertiary/aromatic N) is 4. The normalized spacial score (nSPS) is 18.8. The van der Waals surface area contributed by atoms with Gasteiger partial charge in [-0.3, -0.25) is 20.0 Å². The Morgan fingerprint density at radius 3 is 1.19 bits per heavy atom. The molecule has 0 spiro atoms. The molecule has 0 radical (unpaired) electrons. The second kappa shape index (κ2) is 6.46. The molecule has 4 nitrogen and oxygen atoms in total. The summed E-state index contributed by atoms with van der Waals surface area (Å²) in [5, 5.41) is 1.85. The van der Waals surface area contributed by atoms with Crippen molar-refractivity contribution in [3.63, 3.8) is 0 Å². The van der Waals surface area contributed by atoms with Crippen LogP contribution in [0, 0.1) is 0 Å². The molecule has 0 fully saturated rings. The molecule has 2 aliphatic rings. The van der Waals surface area contributed by atoms with Crippen molar-refractivity contribution in [2.75, 3.05) is 0 Å². The summed E-state index contributed by atoms with van der Waals surface area (Å²) in [6, 6.07) is 10.3. The Bertz CT molecular complexity index is 905. The molecule has 2 heterocycles. The van der Waals surface area contributed by atoms with Crippen molar-refractivity contribution < 1.29 is 0 Å². The molecule has 0 N–H and O–H groups in total. The number of rotatable bonds is 3. The molecule has 8 heteroatoms. The Balaban J connectivity index is 2.03. The van der Waals surface area contributed by atoms with Crippen molar-refractivity contribution in [2.45, 2.75) is 11.3 Å². The molecule has 26 heavy (non-hydrogen) atoms. The monoisotopic (exact) mass is 422 g/mol. The maximum Gasteiger partial charge on any atom is 0.226 e. The second-order valence-corrected chi connectivity index (χ2v) is 7.39. The van der Waals surface area contributed by atoms with Crippen LogP contribution in [0.2, 0.25) is 20.1 Å². The van der Waals surface area contributed by atoms with Gasteiger partial charge in [-0.1, -0.05) is 58.5 Å². The Labute approximate surface area is 169 Å². The minimum Gasteiger partial charge on any atom is -0.252 e. The quantitative estimate of drug-likeness (QED) is 0.615. The molecule has 0 bridgehead atoms. The van der Waals surface area contributed by atoms with Crippen LogP contribution in [0.5, 0.6) is 0 Å². The maximum atomic E-state index is 6.50. The lowest BCUT2D eigenvalue weighted by Gasteiger charge is -2.38. The van der Waals surface area contributed by atoms with Crippen molar-refractivity contribution in [3.05, 3.63) is 67.6 Å². The van der Waals surface area contributed by atoms with Crippen molar-refractivity contribution >= 4 is 71.3 Å². The average Bonchev–Trinajstić information content (AvgIpc) is 3.25. The van der Waals surface area contributed by atoms with E-state index < -0.39 is 11.3 Å². The van der Waals surface area contributed by atoms with Crippen molar-refractivity contribution in [1.82, 2.24) is 0 Å². The number of hydrogen-bond donors (Lipinski definition) is 0. The molecule has 130 valence electrons. The first-order valence-corrected chi connectivity index (χ1v) is 9.09. The number of halogens is 4. The number of benzene rings is 2. The molecule has 0 saturated carbocycles. The van der Waals surface area contributed by atoms with Crippen LogP contribution < -0.4 is 0 Å². The molecule has 2 aromatic rings. The van der Waals surface area contributed by atoms with Crippen LogP contribution in [-0.2, 0) is 11.3 Å². The smallest absolute Gasteiger partial charge is 0.226 e. The Hall–Kier alpha value is -1.72. The largest absolute Gasteiger partial charge is 0.252 e. The fourth-order valence-electron chi connectivity index (χ4n) is 3.19. The summed E-state index contributed by atoms with van der Waals surface area (Å²) in [6.45, 7) is 0. The van der Waals surface area contributed by atoms with Crippen molar-refractivity contribution in [3.8, 4) is 0 Å². The average molecular weight is 424 g/mol. The molecular weight excluding hydrogens is 414 g/mol. The van der Waals surface area contributed by atoms with E-state index in [4.69, 9.17) is 46.4 Å². The molecule has 2 aromatic carbocycles. The molecule has 0 aliphatic carbocycles. The van der Waals surface area contributed by atoms with Gasteiger partial charge in [0.1, 0.15) is 0 Å². The predicted molar refractivity (Wildman–Crippen MR) is 110 cm³/mol. The zero-order chi connectivity index (χ0) is 18.4. The highest BCUT2D eigenvalue weighted by atomic mass is 35.5. The van der Waals surface area contributed by atoms with Gasteiger partial charge in [0.25, 0.3) is 0 Å². The van der Waals surface area contributed by atoms with E-state index in [1.165, 1.54) is 0 Å². The van der Waals surface area contributed by atoms with Crippen LogP contribution >= 0.6 is 46.4 Å². The van der Waals surface area contributed by atoms with Gasteiger partial charge >= 0.3 is 0 Å². The molecule has 0 atom stereocenters. The van der Waals surface area contributed by atoms with Gasteiger partial charge in [0, 0.05) is 56.1 Å². The van der Waals surface area contributed by atoms with E-state index in [1.807, 2.05) is 0 Å². The maximum absolute atomic E-state index is 6.50. The lowest BCUT2D eigenvalue weighted by Crippen LogP contribution is -2.43. The molecular formula is C18H10Cl4N4. The zero-order valence-corrected chi connectivity index (χ0v) is 16.1. The summed E-state index contributed by atoms with van der Waals surface area (Å²) >= 11 is 25.1. The standard InChI is InChI=1S/C18H10Cl4N4/c19-11-1-3-13(15(21)9-11)17(23-5-6-24-17)18(25-7-8-26-18)14-4-2-12(20)10-16(14)22/h1-10H. The highest BCUT2D eigenvalue weighted by molar-refractivity contribution is 6.36. The lowest BCUT2D eigenvalue weighted by molar-refractivity contribution is 0.259. The van der Waals surface area contributed by atoms with Gasteiger partial charge in [0.05, 0.1) is 0 Å². The molecule has 0 aromatic heterocycles. The van der Waals surface area contributed by atoms with E-state index in [1.54, 1.807) is 61.3 Å². The zero-order valence-electron chi connectivity index (χ0n) is 13.1. The van der Waals surface area contributed by atoms with Gasteiger partial charge in [0.15, 0.2) is 0 Å². The Morgan fingerprint density at radius 1 is 0.538 bits per heavy atom. The first kappa shape index (κ1) is 17.7. The van der Waals surface area contributed by atoms with Crippen LogP contribution in [-0.4, -0.2) is 24.9 Å². The second-order valence-electron chi connectivity index (χ2n) is 5.71. The van der Waals surface area contributed by atoms with Crippen LogP contribution in [0.4, 0.5) is 0 Å². The Kier molecular flexibility index (Phi) is 4.40. The van der Waals surface area contributed by atoms with Crippen LogP contribution in [0.3, 0.4) is 0 Å². The van der Waals surface area contributed by atoms with Crippen molar-refractivity contribution in [2.24, 2.45) is 20.0 Å². The topological polar surface area (TPSA) is 49.4 Å². The third-order valence-electron chi connectivity index (χ3n) is 4.28. The third kappa shape index (κ3) is 2.52. The summed E-state index contributed by atoms with van der Waals surface area (Å²) in [7, 11) is 0. The van der Waals surface area contributed by atoms with E-state index >= 15 is 0 Å². The van der Waals surface area contributed by atoms with Gasteiger partial charge in [-0.2, -0.15) is 0 Å². The fraction of sp³-hybridized carbons (Fsp3) is 0.111. The molecule has 0 saturated heterocycles. The highest BCUT2D eigenvalue weighted by Gasteiger charge is 2.57. The van der Waals surface area contributed by atoms with E-state index in [0.29, 0.717) is 31.2 Å². The summed E-state index contributed by atoms with van der Waals surface area (Å²) < 4.78 is 0. The molecule has 4 rings (SSSR count). The van der Waals surface area contributed by atoms with Crippen LogP contribution in [0.1, 0.15) is 11.1 Å². The van der Waals surface area contributed by atoms with Gasteiger partial charge in [-0.05, 0) is 24.3 Å². The third-order valence-corrected chi connectivity index (χ3v) is 5.37. The highest BCUT2D eigenvalue weighted by Crippen LogP contribution is 2.54. The molecule has 2 aliphatic heterocycles. The van der Waals surface area contributed by atoms with E-state index in [-0.39, 0.29) is 0 Å². The summed E-state index contributed by atoms with van der Waals surface area (Å²) in [5.41, 5.74) is -1.24. The summed E-state index contributed by atoms with van der Waals surface area (Å²) in [5.74, 6) is 0. The van der Waals surface area contributed by atoms with Gasteiger partial charge in [-0.25, -0.2) is 0 Å². The van der Waals surface area contributed by atoms with E-state index in [9.17, 15) is 0 Å². The Morgan fingerprint density at radius 2 is 0.885 bits per heavy atom. The van der Waals surface area contributed by atoms with Crippen LogP contribution in [0.25, 0.3) is 0 Å². The fourth-order valence-corrected chi connectivity index (χ4v) is 4.27. The number of aliphatic imine (C=N–C) groups is 4. The molecule has 0 unspecified atom stereocenters. The van der Waals surface area contributed by atoms with E-state index in [2.05, 4.69) is 20.0 Å². The number of hydrogen-bond acceptors (Lipinski definition) is 4. The predicted octanol–water partition coefficient (Wildman–Crippen LogP) is 5.62. The van der Waals surface area contributed by atoms with Gasteiger partial charge in [0.2, 0.25) is 11.3 Å².